The number of hydrogen-bond donors (Lipinski definition) is 1. The summed E-state index contributed by atoms with van der Waals surface area (Å²) in [4.78, 5) is 12.2. The van der Waals surface area contributed by atoms with Crippen LogP contribution >= 0.6 is 0 Å². The fourth-order valence-electron chi connectivity index (χ4n) is 2.77. The van der Waals surface area contributed by atoms with Crippen molar-refractivity contribution in [1.82, 2.24) is 10.2 Å². The van der Waals surface area contributed by atoms with E-state index < -0.39 is 0 Å². The van der Waals surface area contributed by atoms with Crippen molar-refractivity contribution in [3.8, 4) is 0 Å². The van der Waals surface area contributed by atoms with E-state index in [0.29, 0.717) is 12.3 Å². The average Bonchev–Trinajstić information content (AvgIpc) is 3.05. The number of anilines is 1. The smallest absolute Gasteiger partial charge is 0.322 e. The van der Waals surface area contributed by atoms with E-state index in [1.165, 1.54) is 5.56 Å². The number of carbonyl (C=O) groups excluding carboxylic acids is 1. The Bertz CT molecular complexity index is 898. The molecule has 2 aromatic carbocycles. The Kier molecular flexibility index (Phi) is 5.46. The molecule has 134 valence electrons. The molecule has 5 heteroatoms. The van der Waals surface area contributed by atoms with Crippen LogP contribution in [0.25, 0.3) is 0 Å². The lowest BCUT2D eigenvalue weighted by Crippen LogP contribution is -2.15. The zero-order valence-electron chi connectivity index (χ0n) is 15.4. The van der Waals surface area contributed by atoms with Gasteiger partial charge in [-0.15, -0.1) is 5.10 Å². The number of nitrogens with one attached hydrogen (secondary N) is 1. The van der Waals surface area contributed by atoms with Gasteiger partial charge in [-0.25, -0.2) is 0 Å². The second kappa shape index (κ2) is 7.95. The Morgan fingerprint density at radius 2 is 1.77 bits per heavy atom. The van der Waals surface area contributed by atoms with Crippen molar-refractivity contribution in [3.05, 3.63) is 76.2 Å². The minimum Gasteiger partial charge on any atom is -0.407 e. The number of rotatable bonds is 6. The molecule has 0 spiro atoms. The lowest BCUT2D eigenvalue weighted by Gasteiger charge is -2.06. The average molecular weight is 349 g/mol. The van der Waals surface area contributed by atoms with Gasteiger partial charge in [0.05, 0.1) is 12.8 Å². The molecule has 0 aliphatic rings. The van der Waals surface area contributed by atoms with Gasteiger partial charge in [-0.05, 0) is 42.5 Å². The molecule has 0 saturated carbocycles. The molecule has 1 aromatic heterocycles. The van der Waals surface area contributed by atoms with Crippen molar-refractivity contribution in [1.29, 1.82) is 0 Å². The van der Waals surface area contributed by atoms with Gasteiger partial charge < -0.3 is 4.42 Å². The van der Waals surface area contributed by atoms with Gasteiger partial charge in [-0.3, -0.25) is 10.1 Å². The van der Waals surface area contributed by atoms with Crippen LogP contribution in [0.15, 0.2) is 46.9 Å². The number of benzene rings is 2. The van der Waals surface area contributed by atoms with Crippen LogP contribution in [0.5, 0.6) is 0 Å². The van der Waals surface area contributed by atoms with Crippen LogP contribution in [0.4, 0.5) is 6.01 Å². The summed E-state index contributed by atoms with van der Waals surface area (Å²) in [5.74, 6) is 0.317. The first-order valence-corrected chi connectivity index (χ1v) is 8.79. The highest BCUT2D eigenvalue weighted by Gasteiger charge is 2.12. The standard InChI is InChI=1S/C21H23N3O2/c1-4-16-7-9-17(10-8-16)12-20-23-24-21(26-20)22-19(25)13-18-11-14(2)5-6-15(18)3/h5-11H,4,12-13H2,1-3H3,(H,22,24,25). The Hall–Kier alpha value is -2.95. The normalized spacial score (nSPS) is 10.7. The van der Waals surface area contributed by atoms with Gasteiger partial charge in [0.25, 0.3) is 0 Å². The molecule has 26 heavy (non-hydrogen) atoms. The predicted octanol–water partition coefficient (Wildman–Crippen LogP) is 4.02. The maximum atomic E-state index is 12.2. The van der Waals surface area contributed by atoms with Gasteiger partial charge >= 0.3 is 6.01 Å². The summed E-state index contributed by atoms with van der Waals surface area (Å²) < 4.78 is 5.55. The van der Waals surface area contributed by atoms with Gasteiger partial charge in [0.1, 0.15) is 0 Å². The zero-order chi connectivity index (χ0) is 18.5. The van der Waals surface area contributed by atoms with Crippen molar-refractivity contribution < 1.29 is 9.21 Å². The van der Waals surface area contributed by atoms with Crippen molar-refractivity contribution in [2.45, 2.75) is 40.0 Å². The predicted molar refractivity (Wildman–Crippen MR) is 101 cm³/mol. The molecule has 0 unspecified atom stereocenters. The Morgan fingerprint density at radius 1 is 1.04 bits per heavy atom. The molecule has 0 aliphatic heterocycles. The molecule has 0 aliphatic carbocycles. The van der Waals surface area contributed by atoms with Gasteiger partial charge in [0.2, 0.25) is 11.8 Å². The Balaban J connectivity index is 1.60. The van der Waals surface area contributed by atoms with E-state index in [1.54, 1.807) is 0 Å². The summed E-state index contributed by atoms with van der Waals surface area (Å²) in [6, 6.07) is 14.5. The van der Waals surface area contributed by atoms with Gasteiger partial charge in [-0.2, -0.15) is 0 Å². The fourth-order valence-corrected chi connectivity index (χ4v) is 2.77. The monoisotopic (exact) mass is 349 g/mol. The van der Waals surface area contributed by atoms with Crippen molar-refractivity contribution >= 4 is 11.9 Å². The highest BCUT2D eigenvalue weighted by atomic mass is 16.4. The first kappa shape index (κ1) is 17.9. The molecule has 1 N–H and O–H groups in total. The Morgan fingerprint density at radius 3 is 2.50 bits per heavy atom. The number of aromatic nitrogens is 2. The molecule has 3 aromatic rings. The summed E-state index contributed by atoms with van der Waals surface area (Å²) in [5.41, 5.74) is 5.61. The van der Waals surface area contributed by atoms with Gasteiger partial charge in [-0.1, -0.05) is 60.1 Å². The topological polar surface area (TPSA) is 68.0 Å². The van der Waals surface area contributed by atoms with Gasteiger partial charge in [0, 0.05) is 0 Å². The van der Waals surface area contributed by atoms with E-state index in [2.05, 4.69) is 46.7 Å². The quantitative estimate of drug-likeness (QED) is 0.730. The van der Waals surface area contributed by atoms with Crippen molar-refractivity contribution in [3.63, 3.8) is 0 Å². The molecule has 0 saturated heterocycles. The van der Waals surface area contributed by atoms with Crippen LogP contribution in [0.1, 0.15) is 40.6 Å². The van der Waals surface area contributed by atoms with Crippen LogP contribution in [0, 0.1) is 13.8 Å². The van der Waals surface area contributed by atoms with E-state index >= 15 is 0 Å². The molecule has 1 amide bonds. The molecule has 0 fully saturated rings. The zero-order valence-corrected chi connectivity index (χ0v) is 15.4. The summed E-state index contributed by atoms with van der Waals surface area (Å²) in [6.45, 7) is 6.13. The van der Waals surface area contributed by atoms with Crippen LogP contribution in [0.3, 0.4) is 0 Å². The van der Waals surface area contributed by atoms with Crippen LogP contribution in [0.2, 0.25) is 0 Å². The number of aryl methyl sites for hydroxylation is 3. The maximum Gasteiger partial charge on any atom is 0.322 e. The van der Waals surface area contributed by atoms with E-state index in [0.717, 1.165) is 28.7 Å². The minimum atomic E-state index is -0.166. The third-order valence-corrected chi connectivity index (χ3v) is 4.36. The second-order valence-corrected chi connectivity index (χ2v) is 6.50. The molecule has 0 bridgehead atoms. The van der Waals surface area contributed by atoms with Crippen LogP contribution in [-0.4, -0.2) is 16.1 Å². The van der Waals surface area contributed by atoms with Crippen LogP contribution in [-0.2, 0) is 24.1 Å². The molecule has 5 nitrogen and oxygen atoms in total. The van der Waals surface area contributed by atoms with Crippen molar-refractivity contribution in [2.75, 3.05) is 5.32 Å². The molecule has 0 radical (unpaired) electrons. The molecule has 0 atom stereocenters. The molecule has 3 rings (SSSR count). The number of hydrogen-bond acceptors (Lipinski definition) is 4. The first-order valence-electron chi connectivity index (χ1n) is 8.79. The minimum absolute atomic E-state index is 0.139. The molecular formula is C21H23N3O2. The number of carbonyl (C=O) groups is 1. The third kappa shape index (κ3) is 4.57. The largest absolute Gasteiger partial charge is 0.407 e. The number of nitrogens with zero attached hydrogens (tertiary/aromatic N) is 2. The van der Waals surface area contributed by atoms with Crippen LogP contribution < -0.4 is 5.32 Å². The maximum absolute atomic E-state index is 12.2. The summed E-state index contributed by atoms with van der Waals surface area (Å²) in [7, 11) is 0. The highest BCUT2D eigenvalue weighted by molar-refractivity contribution is 5.90. The highest BCUT2D eigenvalue weighted by Crippen LogP contribution is 2.15. The third-order valence-electron chi connectivity index (χ3n) is 4.36. The van der Waals surface area contributed by atoms with E-state index in [4.69, 9.17) is 4.42 Å². The summed E-state index contributed by atoms with van der Waals surface area (Å²) >= 11 is 0. The van der Waals surface area contributed by atoms with Crippen molar-refractivity contribution in [2.24, 2.45) is 0 Å². The lowest BCUT2D eigenvalue weighted by atomic mass is 10.0. The lowest BCUT2D eigenvalue weighted by molar-refractivity contribution is -0.115. The second-order valence-electron chi connectivity index (χ2n) is 6.50. The summed E-state index contributed by atoms with van der Waals surface area (Å²) in [5, 5.41) is 10.6. The Labute approximate surface area is 153 Å². The van der Waals surface area contributed by atoms with Gasteiger partial charge in [0.15, 0.2) is 0 Å². The first-order chi connectivity index (χ1) is 12.5. The van der Waals surface area contributed by atoms with E-state index in [9.17, 15) is 4.79 Å². The molecule has 1 heterocycles. The fraction of sp³-hybridized carbons (Fsp3) is 0.286. The van der Waals surface area contributed by atoms with E-state index in [1.807, 2.05) is 32.0 Å². The SMILES string of the molecule is CCc1ccc(Cc2nnc(NC(=O)Cc3cc(C)ccc3C)o2)cc1. The molecular weight excluding hydrogens is 326 g/mol. The number of amides is 1. The van der Waals surface area contributed by atoms with E-state index in [-0.39, 0.29) is 18.3 Å². The summed E-state index contributed by atoms with van der Waals surface area (Å²) in [6.07, 6.45) is 1.84.